The maximum Gasteiger partial charge on any atom is 0.253 e. The lowest BCUT2D eigenvalue weighted by Crippen LogP contribution is -2.34. The van der Waals surface area contributed by atoms with Gasteiger partial charge in [0.15, 0.2) is 0 Å². The van der Waals surface area contributed by atoms with Gasteiger partial charge in [0.25, 0.3) is 5.91 Å². The number of anilines is 1. The van der Waals surface area contributed by atoms with Gasteiger partial charge < -0.3 is 14.5 Å². The molecule has 0 N–H and O–H groups in total. The van der Waals surface area contributed by atoms with Crippen LogP contribution >= 0.6 is 0 Å². The average Bonchev–Trinajstić information content (AvgIpc) is 2.97. The summed E-state index contributed by atoms with van der Waals surface area (Å²) in [5.74, 6) is 0.0899. The number of benzene rings is 1. The minimum absolute atomic E-state index is 0.0413. The van der Waals surface area contributed by atoms with Gasteiger partial charge in [0.1, 0.15) is 0 Å². The Morgan fingerprint density at radius 2 is 2.09 bits per heavy atom. The van der Waals surface area contributed by atoms with E-state index in [-0.39, 0.29) is 11.8 Å². The molecule has 2 rings (SSSR count). The number of fused-ring (bicyclic) bond motifs is 1. The van der Waals surface area contributed by atoms with Gasteiger partial charge in [0.2, 0.25) is 5.91 Å². The first-order chi connectivity index (χ1) is 11.1. The Labute approximate surface area is 138 Å². The zero-order chi connectivity index (χ0) is 16.8. The van der Waals surface area contributed by atoms with E-state index in [0.29, 0.717) is 25.3 Å². The molecule has 23 heavy (non-hydrogen) atoms. The van der Waals surface area contributed by atoms with E-state index in [2.05, 4.69) is 6.92 Å². The number of methoxy groups -OCH3 is 1. The summed E-state index contributed by atoms with van der Waals surface area (Å²) in [4.78, 5) is 28.0. The van der Waals surface area contributed by atoms with Gasteiger partial charge in [-0.3, -0.25) is 9.59 Å². The second-order valence-electron chi connectivity index (χ2n) is 5.90. The summed E-state index contributed by atoms with van der Waals surface area (Å²) in [6.07, 6.45) is 2.84. The van der Waals surface area contributed by atoms with Crippen LogP contribution in [0.15, 0.2) is 18.2 Å². The van der Waals surface area contributed by atoms with Crippen LogP contribution < -0.4 is 4.90 Å². The number of carbonyl (C=O) groups is 2. The topological polar surface area (TPSA) is 49.9 Å². The number of hydrogen-bond donors (Lipinski definition) is 0. The lowest BCUT2D eigenvalue weighted by molar-refractivity contribution is -0.116. The van der Waals surface area contributed by atoms with Crippen LogP contribution in [0.25, 0.3) is 0 Å². The summed E-state index contributed by atoms with van der Waals surface area (Å²) < 4.78 is 5.11. The third-order valence-electron chi connectivity index (χ3n) is 4.24. The van der Waals surface area contributed by atoms with Crippen LogP contribution in [0, 0.1) is 0 Å². The Bertz CT molecular complexity index is 563. The summed E-state index contributed by atoms with van der Waals surface area (Å²) in [5.41, 5.74) is 2.71. The summed E-state index contributed by atoms with van der Waals surface area (Å²) in [6, 6.07) is 5.66. The molecule has 2 amide bonds. The van der Waals surface area contributed by atoms with Crippen molar-refractivity contribution in [3.63, 3.8) is 0 Å². The molecule has 1 heterocycles. The van der Waals surface area contributed by atoms with Crippen molar-refractivity contribution in [1.82, 2.24) is 4.90 Å². The lowest BCUT2D eigenvalue weighted by atomic mass is 10.1. The van der Waals surface area contributed by atoms with E-state index in [4.69, 9.17) is 4.74 Å². The second kappa shape index (κ2) is 8.11. The van der Waals surface area contributed by atoms with Gasteiger partial charge in [0.05, 0.1) is 6.61 Å². The summed E-state index contributed by atoms with van der Waals surface area (Å²) in [7, 11) is 1.65. The molecule has 0 atom stereocenters. The Kier molecular flexibility index (Phi) is 6.16. The molecule has 1 aromatic rings. The Morgan fingerprint density at radius 3 is 2.74 bits per heavy atom. The summed E-state index contributed by atoms with van der Waals surface area (Å²) in [5, 5.41) is 0. The van der Waals surface area contributed by atoms with Crippen LogP contribution in [0.4, 0.5) is 5.69 Å². The fourth-order valence-corrected chi connectivity index (χ4v) is 2.91. The molecule has 126 valence electrons. The SMILES string of the molecule is CCCCN(CCOC)C(=O)c1ccc2c(c1)CCN2C(C)=O. The van der Waals surface area contributed by atoms with E-state index in [0.717, 1.165) is 37.1 Å². The first-order valence-electron chi connectivity index (χ1n) is 8.27. The quantitative estimate of drug-likeness (QED) is 0.776. The van der Waals surface area contributed by atoms with Crippen LogP contribution in [0.1, 0.15) is 42.6 Å². The zero-order valence-electron chi connectivity index (χ0n) is 14.3. The van der Waals surface area contributed by atoms with Crippen molar-refractivity contribution >= 4 is 17.5 Å². The normalized spacial score (nSPS) is 13.1. The zero-order valence-corrected chi connectivity index (χ0v) is 14.3. The van der Waals surface area contributed by atoms with Gasteiger partial charge in [-0.05, 0) is 36.6 Å². The third kappa shape index (κ3) is 4.10. The smallest absolute Gasteiger partial charge is 0.253 e. The van der Waals surface area contributed by atoms with Crippen molar-refractivity contribution in [3.05, 3.63) is 29.3 Å². The standard InChI is InChI=1S/C18H26N2O3/c1-4-5-9-19(11-12-23-3)18(22)16-6-7-17-15(13-16)8-10-20(17)14(2)21/h6-7,13H,4-5,8-12H2,1-3H3. The molecule has 5 heteroatoms. The second-order valence-corrected chi connectivity index (χ2v) is 5.90. The van der Waals surface area contributed by atoms with Gasteiger partial charge in [0, 0.05) is 44.9 Å². The van der Waals surface area contributed by atoms with Crippen molar-refractivity contribution in [2.75, 3.05) is 38.3 Å². The first kappa shape index (κ1) is 17.5. The number of hydrogen-bond acceptors (Lipinski definition) is 3. The van der Waals surface area contributed by atoms with Crippen molar-refractivity contribution in [1.29, 1.82) is 0 Å². The molecule has 0 unspecified atom stereocenters. The number of carbonyl (C=O) groups excluding carboxylic acids is 2. The van der Waals surface area contributed by atoms with Gasteiger partial charge in [-0.25, -0.2) is 0 Å². The maximum atomic E-state index is 12.8. The number of rotatable bonds is 7. The number of amides is 2. The fraction of sp³-hybridized carbons (Fsp3) is 0.556. The molecule has 0 fully saturated rings. The molecule has 1 aromatic carbocycles. The van der Waals surface area contributed by atoms with Crippen molar-refractivity contribution < 1.29 is 14.3 Å². The Balaban J connectivity index is 2.16. The van der Waals surface area contributed by atoms with Gasteiger partial charge in [-0.1, -0.05) is 13.3 Å². The van der Waals surface area contributed by atoms with Gasteiger partial charge in [-0.15, -0.1) is 0 Å². The van der Waals surface area contributed by atoms with E-state index in [9.17, 15) is 9.59 Å². The highest BCUT2D eigenvalue weighted by Crippen LogP contribution is 2.29. The monoisotopic (exact) mass is 318 g/mol. The predicted molar refractivity (Wildman–Crippen MR) is 90.9 cm³/mol. The Morgan fingerprint density at radius 1 is 1.30 bits per heavy atom. The molecule has 1 aliphatic rings. The molecule has 1 aliphatic heterocycles. The number of nitrogens with zero attached hydrogens (tertiary/aromatic N) is 2. The van der Waals surface area contributed by atoms with Crippen LogP contribution in [-0.4, -0.2) is 50.1 Å². The number of unbranched alkanes of at least 4 members (excludes halogenated alkanes) is 1. The first-order valence-corrected chi connectivity index (χ1v) is 8.27. The highest BCUT2D eigenvalue weighted by Gasteiger charge is 2.24. The van der Waals surface area contributed by atoms with E-state index in [1.165, 1.54) is 0 Å². The molecular formula is C18H26N2O3. The van der Waals surface area contributed by atoms with Gasteiger partial charge >= 0.3 is 0 Å². The van der Waals surface area contributed by atoms with Crippen LogP contribution in [0.3, 0.4) is 0 Å². The molecule has 0 aromatic heterocycles. The minimum Gasteiger partial charge on any atom is -0.383 e. The van der Waals surface area contributed by atoms with Crippen LogP contribution in [0.2, 0.25) is 0 Å². The van der Waals surface area contributed by atoms with Crippen LogP contribution in [-0.2, 0) is 16.0 Å². The molecule has 0 aliphatic carbocycles. The van der Waals surface area contributed by atoms with E-state index >= 15 is 0 Å². The highest BCUT2D eigenvalue weighted by molar-refractivity contribution is 5.97. The van der Waals surface area contributed by atoms with Crippen molar-refractivity contribution in [2.45, 2.75) is 33.1 Å². The molecule has 0 saturated carbocycles. The van der Waals surface area contributed by atoms with E-state index in [1.807, 2.05) is 23.1 Å². The molecule has 0 saturated heterocycles. The summed E-state index contributed by atoms with van der Waals surface area (Å²) in [6.45, 7) is 6.28. The van der Waals surface area contributed by atoms with E-state index < -0.39 is 0 Å². The molecule has 0 spiro atoms. The molecule has 5 nitrogen and oxygen atoms in total. The summed E-state index contributed by atoms with van der Waals surface area (Å²) >= 11 is 0. The van der Waals surface area contributed by atoms with Gasteiger partial charge in [-0.2, -0.15) is 0 Å². The number of ether oxygens (including phenoxy) is 1. The highest BCUT2D eigenvalue weighted by atomic mass is 16.5. The molecular weight excluding hydrogens is 292 g/mol. The third-order valence-corrected chi connectivity index (χ3v) is 4.24. The fourth-order valence-electron chi connectivity index (χ4n) is 2.91. The van der Waals surface area contributed by atoms with Crippen LogP contribution in [0.5, 0.6) is 0 Å². The van der Waals surface area contributed by atoms with Crippen molar-refractivity contribution in [3.8, 4) is 0 Å². The maximum absolute atomic E-state index is 12.8. The minimum atomic E-state index is 0.0413. The largest absolute Gasteiger partial charge is 0.383 e. The Hall–Kier alpha value is -1.88. The molecule has 0 bridgehead atoms. The lowest BCUT2D eigenvalue weighted by Gasteiger charge is -2.23. The predicted octanol–water partition coefficient (Wildman–Crippen LogP) is 2.48. The van der Waals surface area contributed by atoms with Crippen molar-refractivity contribution in [2.24, 2.45) is 0 Å². The van der Waals surface area contributed by atoms with E-state index in [1.54, 1.807) is 18.9 Å². The average molecular weight is 318 g/mol. The molecule has 0 radical (unpaired) electrons.